The molecule has 0 spiro atoms. The van der Waals surface area contributed by atoms with Crippen molar-refractivity contribution in [1.29, 1.82) is 0 Å². The summed E-state index contributed by atoms with van der Waals surface area (Å²) in [7, 11) is 0. The molecule has 2 aromatic rings. The van der Waals surface area contributed by atoms with Gasteiger partial charge in [0.2, 0.25) is 0 Å². The summed E-state index contributed by atoms with van der Waals surface area (Å²) >= 11 is 0. The molecule has 0 aliphatic carbocycles. The van der Waals surface area contributed by atoms with Gasteiger partial charge in [-0.3, -0.25) is 4.98 Å². The Hall–Kier alpha value is -2.36. The number of hydrazone groups is 1. The van der Waals surface area contributed by atoms with Gasteiger partial charge in [0.1, 0.15) is 0 Å². The first kappa shape index (κ1) is 10.8. The highest BCUT2D eigenvalue weighted by atomic mass is 15.3. The number of anilines is 1. The van der Waals surface area contributed by atoms with E-state index in [4.69, 9.17) is 5.73 Å². The van der Waals surface area contributed by atoms with Crippen molar-refractivity contribution < 1.29 is 0 Å². The molecule has 3 N–H and O–H groups in total. The van der Waals surface area contributed by atoms with Gasteiger partial charge in [-0.15, -0.1) is 0 Å². The van der Waals surface area contributed by atoms with Crippen LogP contribution in [0.4, 0.5) is 5.69 Å². The fraction of sp³-hybridized carbons (Fsp3) is 0.143. The molecule has 0 amide bonds. The first-order valence-corrected chi connectivity index (χ1v) is 5.92. The van der Waals surface area contributed by atoms with Gasteiger partial charge in [0.25, 0.3) is 0 Å². The van der Waals surface area contributed by atoms with Gasteiger partial charge in [0.15, 0.2) is 0 Å². The molecule has 3 rings (SSSR count). The van der Waals surface area contributed by atoms with Crippen LogP contribution in [-0.4, -0.2) is 10.7 Å². The lowest BCUT2D eigenvalue weighted by Crippen LogP contribution is -2.11. The number of para-hydroxylation sites is 1. The minimum Gasteiger partial charge on any atom is -0.398 e. The number of hydrogen-bond donors (Lipinski definition) is 2. The highest BCUT2D eigenvalue weighted by Crippen LogP contribution is 2.25. The van der Waals surface area contributed by atoms with Crippen molar-refractivity contribution in [2.45, 2.75) is 12.5 Å². The lowest BCUT2D eigenvalue weighted by atomic mass is 10.0. The van der Waals surface area contributed by atoms with Crippen LogP contribution in [0.15, 0.2) is 53.8 Å². The molecule has 0 radical (unpaired) electrons. The molecule has 18 heavy (non-hydrogen) atoms. The van der Waals surface area contributed by atoms with E-state index in [9.17, 15) is 0 Å². The van der Waals surface area contributed by atoms with Crippen LogP contribution in [-0.2, 0) is 0 Å². The number of nitrogen functional groups attached to an aromatic ring is 1. The van der Waals surface area contributed by atoms with E-state index in [-0.39, 0.29) is 6.04 Å². The zero-order valence-electron chi connectivity index (χ0n) is 9.88. The lowest BCUT2D eigenvalue weighted by Gasteiger charge is -2.08. The Morgan fingerprint density at radius 1 is 1.11 bits per heavy atom. The Labute approximate surface area is 106 Å². The minimum absolute atomic E-state index is 0.140. The second-order valence-corrected chi connectivity index (χ2v) is 4.29. The van der Waals surface area contributed by atoms with Crippen LogP contribution in [0, 0.1) is 0 Å². The summed E-state index contributed by atoms with van der Waals surface area (Å²) in [6.07, 6.45) is 2.61. The van der Waals surface area contributed by atoms with Crippen molar-refractivity contribution in [3.05, 3.63) is 59.9 Å². The summed E-state index contributed by atoms with van der Waals surface area (Å²) in [6, 6.07) is 13.8. The Morgan fingerprint density at radius 3 is 2.72 bits per heavy atom. The van der Waals surface area contributed by atoms with Crippen molar-refractivity contribution >= 4 is 11.4 Å². The number of nitrogens with two attached hydrogens (primary N) is 1. The first-order chi connectivity index (χ1) is 8.84. The highest BCUT2D eigenvalue weighted by molar-refractivity contribution is 6.05. The van der Waals surface area contributed by atoms with Crippen LogP contribution >= 0.6 is 0 Å². The number of rotatable bonds is 2. The fourth-order valence-corrected chi connectivity index (χ4v) is 2.12. The quantitative estimate of drug-likeness (QED) is 0.787. The van der Waals surface area contributed by atoms with Crippen molar-refractivity contribution in [1.82, 2.24) is 10.4 Å². The molecule has 1 aliphatic rings. The molecule has 0 saturated heterocycles. The summed E-state index contributed by atoms with van der Waals surface area (Å²) in [5.41, 5.74) is 12.8. The SMILES string of the molecule is Nc1ccccc1C1=NNC(c2ccccn2)C1. The van der Waals surface area contributed by atoms with Crippen molar-refractivity contribution in [3.63, 3.8) is 0 Å². The van der Waals surface area contributed by atoms with Crippen LogP contribution in [0.5, 0.6) is 0 Å². The largest absolute Gasteiger partial charge is 0.398 e. The molecule has 0 fully saturated rings. The van der Waals surface area contributed by atoms with Gasteiger partial charge in [-0.1, -0.05) is 24.3 Å². The number of hydrogen-bond acceptors (Lipinski definition) is 4. The van der Waals surface area contributed by atoms with E-state index in [1.54, 1.807) is 6.20 Å². The second-order valence-electron chi connectivity index (χ2n) is 4.29. The van der Waals surface area contributed by atoms with Crippen molar-refractivity contribution in [2.75, 3.05) is 5.73 Å². The monoisotopic (exact) mass is 238 g/mol. The number of nitrogens with one attached hydrogen (secondary N) is 1. The zero-order valence-corrected chi connectivity index (χ0v) is 9.88. The molecular weight excluding hydrogens is 224 g/mol. The molecule has 4 heteroatoms. The van der Waals surface area contributed by atoms with E-state index in [1.807, 2.05) is 42.5 Å². The topological polar surface area (TPSA) is 63.3 Å². The van der Waals surface area contributed by atoms with Crippen molar-refractivity contribution in [2.24, 2.45) is 5.10 Å². The predicted molar refractivity (Wildman–Crippen MR) is 72.1 cm³/mol. The Bertz CT molecular complexity index is 577. The molecule has 0 saturated carbocycles. The number of nitrogens with zero attached hydrogens (tertiary/aromatic N) is 2. The molecule has 1 aromatic carbocycles. The minimum atomic E-state index is 0.140. The lowest BCUT2D eigenvalue weighted by molar-refractivity contribution is 0.603. The van der Waals surface area contributed by atoms with E-state index in [2.05, 4.69) is 15.5 Å². The van der Waals surface area contributed by atoms with E-state index >= 15 is 0 Å². The highest BCUT2D eigenvalue weighted by Gasteiger charge is 2.22. The molecular formula is C14H14N4. The first-order valence-electron chi connectivity index (χ1n) is 5.92. The molecule has 0 bridgehead atoms. The smallest absolute Gasteiger partial charge is 0.0916 e. The summed E-state index contributed by atoms with van der Waals surface area (Å²) in [4.78, 5) is 4.34. The van der Waals surface area contributed by atoms with E-state index in [1.165, 1.54) is 0 Å². The third-order valence-corrected chi connectivity index (χ3v) is 3.07. The molecule has 2 heterocycles. The number of pyridine rings is 1. The Kier molecular flexibility index (Phi) is 2.68. The summed E-state index contributed by atoms with van der Waals surface area (Å²) in [6.45, 7) is 0. The number of aromatic nitrogens is 1. The average Bonchev–Trinajstić information content (AvgIpc) is 2.90. The van der Waals surface area contributed by atoms with Crippen LogP contribution in [0.2, 0.25) is 0 Å². The summed E-state index contributed by atoms with van der Waals surface area (Å²) in [5.74, 6) is 0. The van der Waals surface area contributed by atoms with E-state index in [0.717, 1.165) is 29.1 Å². The van der Waals surface area contributed by atoms with Gasteiger partial charge < -0.3 is 11.2 Å². The van der Waals surface area contributed by atoms with Gasteiger partial charge in [-0.05, 0) is 18.2 Å². The second kappa shape index (κ2) is 4.49. The normalized spacial score (nSPS) is 18.2. The zero-order chi connectivity index (χ0) is 12.4. The molecule has 4 nitrogen and oxygen atoms in total. The van der Waals surface area contributed by atoms with Crippen LogP contribution in [0.3, 0.4) is 0 Å². The molecule has 90 valence electrons. The third kappa shape index (κ3) is 1.93. The van der Waals surface area contributed by atoms with Gasteiger partial charge >= 0.3 is 0 Å². The predicted octanol–water partition coefficient (Wildman–Crippen LogP) is 2.10. The maximum atomic E-state index is 5.96. The summed E-state index contributed by atoms with van der Waals surface area (Å²) in [5, 5.41) is 4.37. The molecule has 1 atom stereocenters. The molecule has 1 unspecified atom stereocenters. The van der Waals surface area contributed by atoms with Gasteiger partial charge in [0, 0.05) is 23.9 Å². The van der Waals surface area contributed by atoms with E-state index in [0.29, 0.717) is 0 Å². The van der Waals surface area contributed by atoms with Gasteiger partial charge in [-0.25, -0.2) is 0 Å². The van der Waals surface area contributed by atoms with Crippen molar-refractivity contribution in [3.8, 4) is 0 Å². The van der Waals surface area contributed by atoms with Crippen LogP contribution in [0.1, 0.15) is 23.7 Å². The average molecular weight is 238 g/mol. The van der Waals surface area contributed by atoms with Gasteiger partial charge in [-0.2, -0.15) is 5.10 Å². The third-order valence-electron chi connectivity index (χ3n) is 3.07. The standard InChI is InChI=1S/C14H14N4/c15-11-6-2-1-5-10(11)13-9-14(18-17-13)12-7-3-4-8-16-12/h1-8,14,18H,9,15H2. The Morgan fingerprint density at radius 2 is 1.94 bits per heavy atom. The Balaban J connectivity index is 1.82. The van der Waals surface area contributed by atoms with E-state index < -0.39 is 0 Å². The molecule has 1 aliphatic heterocycles. The van der Waals surface area contributed by atoms with Crippen LogP contribution < -0.4 is 11.2 Å². The number of benzene rings is 1. The fourth-order valence-electron chi connectivity index (χ4n) is 2.12. The summed E-state index contributed by atoms with van der Waals surface area (Å²) < 4.78 is 0. The molecule has 1 aromatic heterocycles. The van der Waals surface area contributed by atoms with Crippen LogP contribution in [0.25, 0.3) is 0 Å². The maximum absolute atomic E-state index is 5.96. The van der Waals surface area contributed by atoms with Gasteiger partial charge in [0.05, 0.1) is 17.4 Å². The maximum Gasteiger partial charge on any atom is 0.0916 e.